The Balaban J connectivity index is 1.64. The van der Waals surface area contributed by atoms with Crippen LogP contribution in [0.15, 0.2) is 24.3 Å². The first-order chi connectivity index (χ1) is 11.2. The zero-order valence-electron chi connectivity index (χ0n) is 14.0. The van der Waals surface area contributed by atoms with Crippen LogP contribution < -0.4 is 4.90 Å². The molecular weight excluding hydrogens is 288 g/mol. The van der Waals surface area contributed by atoms with Crippen molar-refractivity contribution in [3.8, 4) is 0 Å². The van der Waals surface area contributed by atoms with E-state index in [1.807, 2.05) is 28.0 Å². The van der Waals surface area contributed by atoms with E-state index in [4.69, 9.17) is 0 Å². The van der Waals surface area contributed by atoms with Crippen LogP contribution in [0.4, 0.5) is 5.69 Å². The van der Waals surface area contributed by atoms with Gasteiger partial charge in [0, 0.05) is 38.2 Å². The molecule has 0 N–H and O–H groups in total. The molecule has 1 saturated carbocycles. The van der Waals surface area contributed by atoms with Gasteiger partial charge in [-0.2, -0.15) is 0 Å². The second kappa shape index (κ2) is 7.16. The van der Waals surface area contributed by atoms with Crippen molar-refractivity contribution in [2.45, 2.75) is 57.9 Å². The van der Waals surface area contributed by atoms with Crippen LogP contribution in [0.3, 0.4) is 0 Å². The van der Waals surface area contributed by atoms with Crippen molar-refractivity contribution in [1.82, 2.24) is 4.90 Å². The van der Waals surface area contributed by atoms with Gasteiger partial charge >= 0.3 is 0 Å². The predicted octanol–water partition coefficient (Wildman–Crippen LogP) is 3.15. The number of carbonyl (C=O) groups excluding carboxylic acids is 2. The third-order valence-corrected chi connectivity index (χ3v) is 5.15. The summed E-state index contributed by atoms with van der Waals surface area (Å²) < 4.78 is 0. The van der Waals surface area contributed by atoms with Crippen LogP contribution in [0.1, 0.15) is 51.0 Å². The summed E-state index contributed by atoms with van der Waals surface area (Å²) in [4.78, 5) is 28.4. The fourth-order valence-electron chi connectivity index (χ4n) is 3.96. The number of aryl methyl sites for hydroxylation is 1. The monoisotopic (exact) mass is 314 g/mol. The third kappa shape index (κ3) is 3.57. The molecule has 3 rings (SSSR count). The van der Waals surface area contributed by atoms with Crippen LogP contribution in [0.5, 0.6) is 0 Å². The van der Waals surface area contributed by atoms with E-state index in [-0.39, 0.29) is 11.8 Å². The van der Waals surface area contributed by atoms with E-state index in [0.717, 1.165) is 37.9 Å². The summed E-state index contributed by atoms with van der Waals surface area (Å²) in [5.41, 5.74) is 2.31. The number of fused-ring (bicyclic) bond motifs is 1. The van der Waals surface area contributed by atoms with Gasteiger partial charge in [-0.1, -0.05) is 31.0 Å². The summed E-state index contributed by atoms with van der Waals surface area (Å²) in [6.07, 6.45) is 7.04. The normalized spacial score (nSPS) is 17.9. The van der Waals surface area contributed by atoms with Crippen molar-refractivity contribution in [1.29, 1.82) is 0 Å². The van der Waals surface area contributed by atoms with Crippen molar-refractivity contribution in [3.63, 3.8) is 0 Å². The Morgan fingerprint density at radius 1 is 1.17 bits per heavy atom. The number of para-hydroxylation sites is 1. The Morgan fingerprint density at radius 2 is 1.91 bits per heavy atom. The third-order valence-electron chi connectivity index (χ3n) is 5.15. The largest absolute Gasteiger partial charge is 0.339 e. The lowest BCUT2D eigenvalue weighted by Crippen LogP contribution is -2.42. The molecule has 0 radical (unpaired) electrons. The standard InChI is InChI=1S/C19H26N2O2/c1-15(22)20(17-9-3-4-10-17)14-12-19(23)21-13-6-8-16-7-2-5-11-18(16)21/h2,5,7,11,17H,3-4,6,8-10,12-14H2,1H3. The molecule has 23 heavy (non-hydrogen) atoms. The highest BCUT2D eigenvalue weighted by Gasteiger charge is 2.27. The van der Waals surface area contributed by atoms with Gasteiger partial charge in [0.1, 0.15) is 0 Å². The highest BCUT2D eigenvalue weighted by molar-refractivity contribution is 5.94. The fraction of sp³-hybridized carbons (Fsp3) is 0.579. The van der Waals surface area contributed by atoms with E-state index >= 15 is 0 Å². The number of hydrogen-bond donors (Lipinski definition) is 0. The van der Waals surface area contributed by atoms with E-state index in [1.54, 1.807) is 6.92 Å². The molecule has 2 aliphatic rings. The summed E-state index contributed by atoms with van der Waals surface area (Å²) in [6, 6.07) is 8.50. The lowest BCUT2D eigenvalue weighted by molar-refractivity contribution is -0.131. The average Bonchev–Trinajstić information content (AvgIpc) is 3.08. The first-order valence-corrected chi connectivity index (χ1v) is 8.82. The molecule has 1 aliphatic heterocycles. The molecule has 1 aromatic carbocycles. The lowest BCUT2D eigenvalue weighted by atomic mass is 10.0. The molecule has 1 heterocycles. The first-order valence-electron chi connectivity index (χ1n) is 8.82. The molecule has 4 nitrogen and oxygen atoms in total. The summed E-state index contributed by atoms with van der Waals surface area (Å²) in [5, 5.41) is 0. The minimum absolute atomic E-state index is 0.101. The maximum atomic E-state index is 12.7. The van der Waals surface area contributed by atoms with E-state index in [2.05, 4.69) is 6.07 Å². The number of rotatable bonds is 4. The molecule has 2 amide bonds. The summed E-state index contributed by atoms with van der Waals surface area (Å²) in [7, 11) is 0. The van der Waals surface area contributed by atoms with Crippen LogP contribution in [0.25, 0.3) is 0 Å². The van der Waals surface area contributed by atoms with Gasteiger partial charge < -0.3 is 9.80 Å². The van der Waals surface area contributed by atoms with Crippen molar-refractivity contribution < 1.29 is 9.59 Å². The van der Waals surface area contributed by atoms with Gasteiger partial charge in [-0.15, -0.1) is 0 Å². The predicted molar refractivity (Wildman–Crippen MR) is 91.4 cm³/mol. The van der Waals surface area contributed by atoms with Crippen LogP contribution in [-0.4, -0.2) is 35.8 Å². The summed E-state index contributed by atoms with van der Waals surface area (Å²) in [5.74, 6) is 0.241. The number of hydrogen-bond acceptors (Lipinski definition) is 2. The highest BCUT2D eigenvalue weighted by atomic mass is 16.2. The van der Waals surface area contributed by atoms with Crippen molar-refractivity contribution >= 4 is 17.5 Å². The maximum absolute atomic E-state index is 12.7. The minimum atomic E-state index is 0.101. The van der Waals surface area contributed by atoms with Gasteiger partial charge in [0.25, 0.3) is 0 Å². The number of anilines is 1. The highest BCUT2D eigenvalue weighted by Crippen LogP contribution is 2.28. The molecule has 0 spiro atoms. The van der Waals surface area contributed by atoms with Gasteiger partial charge in [0.05, 0.1) is 0 Å². The lowest BCUT2D eigenvalue weighted by Gasteiger charge is -2.32. The molecule has 0 saturated heterocycles. The number of benzene rings is 1. The molecule has 1 fully saturated rings. The smallest absolute Gasteiger partial charge is 0.228 e. The second-order valence-corrected chi connectivity index (χ2v) is 6.68. The SMILES string of the molecule is CC(=O)N(CCC(=O)N1CCCc2ccccc21)C1CCCC1. The number of nitrogens with zero attached hydrogens (tertiary/aromatic N) is 2. The Morgan fingerprint density at radius 3 is 2.65 bits per heavy atom. The van der Waals surface area contributed by atoms with Gasteiger partial charge in [-0.25, -0.2) is 0 Å². The van der Waals surface area contributed by atoms with Gasteiger partial charge in [-0.05, 0) is 37.3 Å². The molecule has 0 unspecified atom stereocenters. The van der Waals surface area contributed by atoms with Gasteiger partial charge in [0.15, 0.2) is 0 Å². The molecule has 0 atom stereocenters. The van der Waals surface area contributed by atoms with E-state index in [1.165, 1.54) is 18.4 Å². The van der Waals surface area contributed by atoms with Gasteiger partial charge in [-0.3, -0.25) is 9.59 Å². The van der Waals surface area contributed by atoms with E-state index < -0.39 is 0 Å². The van der Waals surface area contributed by atoms with Crippen molar-refractivity contribution in [3.05, 3.63) is 29.8 Å². The Hall–Kier alpha value is -1.84. The number of carbonyl (C=O) groups is 2. The zero-order chi connectivity index (χ0) is 16.2. The second-order valence-electron chi connectivity index (χ2n) is 6.68. The Kier molecular flexibility index (Phi) is 4.99. The Bertz CT molecular complexity index is 578. The number of amides is 2. The maximum Gasteiger partial charge on any atom is 0.228 e. The van der Waals surface area contributed by atoms with E-state index in [0.29, 0.717) is 19.0 Å². The molecule has 1 aromatic rings. The first kappa shape index (κ1) is 16.0. The molecular formula is C19H26N2O2. The Labute approximate surface area is 138 Å². The molecule has 0 aromatic heterocycles. The molecule has 124 valence electrons. The van der Waals surface area contributed by atoms with Gasteiger partial charge in [0.2, 0.25) is 11.8 Å². The van der Waals surface area contributed by atoms with Crippen LogP contribution in [0, 0.1) is 0 Å². The zero-order valence-corrected chi connectivity index (χ0v) is 14.0. The van der Waals surface area contributed by atoms with Crippen LogP contribution in [0.2, 0.25) is 0 Å². The van der Waals surface area contributed by atoms with Crippen molar-refractivity contribution in [2.24, 2.45) is 0 Å². The molecule has 0 bridgehead atoms. The molecule has 1 aliphatic carbocycles. The summed E-state index contributed by atoms with van der Waals surface area (Å²) in [6.45, 7) is 2.97. The molecule has 4 heteroatoms. The van der Waals surface area contributed by atoms with Crippen LogP contribution >= 0.6 is 0 Å². The minimum Gasteiger partial charge on any atom is -0.339 e. The van der Waals surface area contributed by atoms with E-state index in [9.17, 15) is 9.59 Å². The summed E-state index contributed by atoms with van der Waals surface area (Å²) >= 11 is 0. The quantitative estimate of drug-likeness (QED) is 0.856. The topological polar surface area (TPSA) is 40.6 Å². The fourth-order valence-corrected chi connectivity index (χ4v) is 3.96. The van der Waals surface area contributed by atoms with Crippen LogP contribution in [-0.2, 0) is 16.0 Å². The average molecular weight is 314 g/mol. The van der Waals surface area contributed by atoms with Crippen molar-refractivity contribution in [2.75, 3.05) is 18.0 Å².